The molecule has 0 bridgehead atoms. The highest BCUT2D eigenvalue weighted by Crippen LogP contribution is 2.27. The number of nitrogens with zero attached hydrogens (tertiary/aromatic N) is 1. The van der Waals surface area contributed by atoms with Crippen LogP contribution in [-0.4, -0.2) is 23.4 Å². The van der Waals surface area contributed by atoms with E-state index in [-0.39, 0.29) is 11.4 Å². The Balaban J connectivity index is 3.22. The average Bonchev–Trinajstić information content (AvgIpc) is 2.29. The number of carbonyl (C=O) groups excluding carboxylic acids is 2. The Labute approximate surface area is 141 Å². The lowest BCUT2D eigenvalue weighted by atomic mass is 10.2. The zero-order chi connectivity index (χ0) is 18.0. The van der Waals surface area contributed by atoms with Crippen molar-refractivity contribution in [1.82, 2.24) is 0 Å². The Morgan fingerprint density at radius 2 is 1.43 bits per heavy atom. The van der Waals surface area contributed by atoms with Gasteiger partial charge in [0.1, 0.15) is 11.2 Å². The van der Waals surface area contributed by atoms with Crippen molar-refractivity contribution in [3.63, 3.8) is 0 Å². The first-order valence-electron chi connectivity index (χ1n) is 7.11. The molecule has 6 nitrogen and oxygen atoms in total. The van der Waals surface area contributed by atoms with Gasteiger partial charge >= 0.3 is 12.2 Å². The van der Waals surface area contributed by atoms with Crippen LogP contribution in [0.2, 0.25) is 5.02 Å². The van der Waals surface area contributed by atoms with E-state index in [9.17, 15) is 9.59 Å². The van der Waals surface area contributed by atoms with E-state index in [1.54, 1.807) is 41.5 Å². The number of amides is 2. The topological polar surface area (TPSA) is 81.9 Å². The molecule has 0 radical (unpaired) electrons. The van der Waals surface area contributed by atoms with E-state index in [2.05, 4.69) is 0 Å². The maximum absolute atomic E-state index is 12.4. The molecule has 128 valence electrons. The summed E-state index contributed by atoms with van der Waals surface area (Å²) in [6.45, 7) is 10.2. The molecule has 0 aliphatic rings. The predicted molar refractivity (Wildman–Crippen MR) is 90.8 cm³/mol. The summed E-state index contributed by atoms with van der Waals surface area (Å²) in [5.74, 6) is 0. The fourth-order valence-corrected chi connectivity index (χ4v) is 1.69. The molecule has 7 heteroatoms. The van der Waals surface area contributed by atoms with Gasteiger partial charge in [-0.25, -0.2) is 9.59 Å². The number of ether oxygens (including phenoxy) is 2. The fourth-order valence-electron chi connectivity index (χ4n) is 1.57. The zero-order valence-electron chi connectivity index (χ0n) is 14.3. The highest BCUT2D eigenvalue weighted by molar-refractivity contribution is 6.33. The molecular weight excluding hydrogens is 320 g/mol. The summed E-state index contributed by atoms with van der Waals surface area (Å²) in [5.41, 5.74) is 4.67. The lowest BCUT2D eigenvalue weighted by molar-refractivity contribution is 0.0431. The van der Waals surface area contributed by atoms with Crippen LogP contribution in [0.15, 0.2) is 18.2 Å². The third-order valence-electron chi connectivity index (χ3n) is 2.39. The second-order valence-electron chi connectivity index (χ2n) is 7.00. The molecule has 0 saturated carbocycles. The van der Waals surface area contributed by atoms with E-state index in [4.69, 9.17) is 26.8 Å². The number of anilines is 2. The molecule has 1 aromatic carbocycles. The molecule has 2 N–H and O–H groups in total. The van der Waals surface area contributed by atoms with Crippen LogP contribution in [0, 0.1) is 0 Å². The Bertz CT molecular complexity index is 575. The molecule has 0 unspecified atom stereocenters. The normalized spacial score (nSPS) is 11.8. The summed E-state index contributed by atoms with van der Waals surface area (Å²) in [7, 11) is 0. The zero-order valence-corrected chi connectivity index (χ0v) is 15.0. The van der Waals surface area contributed by atoms with Gasteiger partial charge in [0.05, 0.1) is 16.4 Å². The fraction of sp³-hybridized carbons (Fsp3) is 0.500. The van der Waals surface area contributed by atoms with Crippen LogP contribution in [0.1, 0.15) is 41.5 Å². The maximum atomic E-state index is 12.4. The van der Waals surface area contributed by atoms with Gasteiger partial charge in [0.25, 0.3) is 0 Å². The Kier molecular flexibility index (Phi) is 5.53. The van der Waals surface area contributed by atoms with Gasteiger partial charge < -0.3 is 15.2 Å². The first-order valence-corrected chi connectivity index (χ1v) is 7.49. The molecule has 2 amide bonds. The summed E-state index contributed by atoms with van der Waals surface area (Å²) >= 11 is 5.88. The predicted octanol–water partition coefficient (Wildman–Crippen LogP) is 4.60. The first kappa shape index (κ1) is 19.1. The molecule has 1 rings (SSSR count). The van der Waals surface area contributed by atoms with E-state index in [1.807, 2.05) is 0 Å². The molecule has 0 atom stereocenters. The Hall–Kier alpha value is -1.95. The summed E-state index contributed by atoms with van der Waals surface area (Å²) in [5, 5.41) is 0.321. The van der Waals surface area contributed by atoms with Crippen molar-refractivity contribution >= 4 is 35.2 Å². The Morgan fingerprint density at radius 1 is 1.00 bits per heavy atom. The van der Waals surface area contributed by atoms with Gasteiger partial charge in [-0.05, 0) is 59.7 Å². The minimum atomic E-state index is -0.853. The molecule has 0 heterocycles. The van der Waals surface area contributed by atoms with E-state index < -0.39 is 23.4 Å². The minimum Gasteiger partial charge on any atom is -0.443 e. The lowest BCUT2D eigenvalue weighted by Gasteiger charge is -2.28. The van der Waals surface area contributed by atoms with E-state index >= 15 is 0 Å². The quantitative estimate of drug-likeness (QED) is 0.754. The largest absolute Gasteiger partial charge is 0.443 e. The van der Waals surface area contributed by atoms with Crippen LogP contribution >= 0.6 is 11.6 Å². The van der Waals surface area contributed by atoms with E-state index in [0.717, 1.165) is 4.90 Å². The van der Waals surface area contributed by atoms with Gasteiger partial charge in [-0.3, -0.25) is 0 Å². The second kappa shape index (κ2) is 6.66. The van der Waals surface area contributed by atoms with Gasteiger partial charge in [0.15, 0.2) is 0 Å². The average molecular weight is 343 g/mol. The standard InChI is InChI=1S/C16H23ClN2O4/c1-15(2,3)22-13(20)19(14(21)23-16(4,5)6)10-7-8-11(17)12(18)9-10/h7-9H,18H2,1-6H3. The highest BCUT2D eigenvalue weighted by atomic mass is 35.5. The monoisotopic (exact) mass is 342 g/mol. The number of carbonyl (C=O) groups is 2. The molecule has 0 saturated heterocycles. The summed E-state index contributed by atoms with van der Waals surface area (Å²) in [4.78, 5) is 25.6. The van der Waals surface area contributed by atoms with Crippen LogP contribution in [0.3, 0.4) is 0 Å². The number of benzene rings is 1. The Morgan fingerprint density at radius 3 is 1.78 bits per heavy atom. The van der Waals surface area contributed by atoms with Gasteiger partial charge in [0, 0.05) is 0 Å². The van der Waals surface area contributed by atoms with Gasteiger partial charge in [-0.2, -0.15) is 4.90 Å². The number of halogens is 1. The number of rotatable bonds is 1. The van der Waals surface area contributed by atoms with Crippen molar-refractivity contribution in [2.45, 2.75) is 52.7 Å². The second-order valence-corrected chi connectivity index (χ2v) is 7.41. The van der Waals surface area contributed by atoms with Crippen molar-refractivity contribution in [2.75, 3.05) is 10.6 Å². The van der Waals surface area contributed by atoms with Crippen LogP contribution in [0.25, 0.3) is 0 Å². The number of nitrogen functional groups attached to an aromatic ring is 1. The lowest BCUT2D eigenvalue weighted by Crippen LogP contribution is -2.43. The van der Waals surface area contributed by atoms with Crippen molar-refractivity contribution in [1.29, 1.82) is 0 Å². The number of hydrogen-bond donors (Lipinski definition) is 1. The van der Waals surface area contributed by atoms with Gasteiger partial charge in [0.2, 0.25) is 0 Å². The minimum absolute atomic E-state index is 0.218. The first-order chi connectivity index (χ1) is 10.3. The summed E-state index contributed by atoms with van der Waals surface area (Å²) in [6, 6.07) is 4.40. The molecule has 23 heavy (non-hydrogen) atoms. The van der Waals surface area contributed by atoms with Crippen molar-refractivity contribution in [3.05, 3.63) is 23.2 Å². The van der Waals surface area contributed by atoms with Crippen molar-refractivity contribution < 1.29 is 19.1 Å². The number of hydrogen-bond acceptors (Lipinski definition) is 5. The van der Waals surface area contributed by atoms with Gasteiger partial charge in [-0.15, -0.1) is 0 Å². The summed E-state index contributed by atoms with van der Waals surface area (Å²) < 4.78 is 10.5. The molecule has 0 aromatic heterocycles. The van der Waals surface area contributed by atoms with Crippen LogP contribution in [-0.2, 0) is 9.47 Å². The third-order valence-corrected chi connectivity index (χ3v) is 2.73. The SMILES string of the molecule is CC(C)(C)OC(=O)N(C(=O)OC(C)(C)C)c1ccc(Cl)c(N)c1. The smallest absolute Gasteiger partial charge is 0.424 e. The maximum Gasteiger partial charge on any atom is 0.424 e. The van der Waals surface area contributed by atoms with Crippen molar-refractivity contribution in [2.24, 2.45) is 0 Å². The van der Waals surface area contributed by atoms with E-state index in [0.29, 0.717) is 5.02 Å². The molecular formula is C16H23ClN2O4. The van der Waals surface area contributed by atoms with Crippen LogP contribution in [0.5, 0.6) is 0 Å². The van der Waals surface area contributed by atoms with Gasteiger partial charge in [-0.1, -0.05) is 11.6 Å². The number of nitrogens with two attached hydrogens (primary N) is 1. The molecule has 0 aliphatic carbocycles. The van der Waals surface area contributed by atoms with Crippen LogP contribution in [0.4, 0.5) is 21.0 Å². The summed E-state index contributed by atoms with van der Waals surface area (Å²) in [6.07, 6.45) is -1.71. The molecule has 0 aliphatic heterocycles. The molecule has 0 spiro atoms. The van der Waals surface area contributed by atoms with Crippen LogP contribution < -0.4 is 10.6 Å². The third kappa shape index (κ3) is 5.98. The molecule has 1 aromatic rings. The van der Waals surface area contributed by atoms with Crippen molar-refractivity contribution in [3.8, 4) is 0 Å². The highest BCUT2D eigenvalue weighted by Gasteiger charge is 2.32. The number of imide groups is 1. The molecule has 0 fully saturated rings. The van der Waals surface area contributed by atoms with E-state index in [1.165, 1.54) is 18.2 Å².